The van der Waals surface area contributed by atoms with Crippen LogP contribution in [0.5, 0.6) is 0 Å². The summed E-state index contributed by atoms with van der Waals surface area (Å²) in [5.74, 6) is 0.304. The van der Waals surface area contributed by atoms with E-state index < -0.39 is 10.0 Å². The van der Waals surface area contributed by atoms with Gasteiger partial charge in [0.25, 0.3) is 10.0 Å². The van der Waals surface area contributed by atoms with Gasteiger partial charge in [-0.05, 0) is 19.1 Å². The Bertz CT molecular complexity index is 651. The highest BCUT2D eigenvalue weighted by molar-refractivity contribution is 7.93. The highest BCUT2D eigenvalue weighted by Crippen LogP contribution is 2.23. The van der Waals surface area contributed by atoms with Gasteiger partial charge in [-0.15, -0.1) is 11.3 Å². The lowest BCUT2D eigenvalue weighted by molar-refractivity contribution is 0.601. The normalized spacial score (nSPS) is 11.2. The molecule has 8 heteroatoms. The lowest BCUT2D eigenvalue weighted by atomic mass is 10.5. The van der Waals surface area contributed by atoms with Crippen LogP contribution in [0.25, 0.3) is 0 Å². The van der Waals surface area contributed by atoms with E-state index in [9.17, 15) is 8.42 Å². The van der Waals surface area contributed by atoms with Crippen molar-refractivity contribution in [2.24, 2.45) is 0 Å². The molecule has 0 aromatic carbocycles. The van der Waals surface area contributed by atoms with Crippen molar-refractivity contribution in [2.75, 3.05) is 17.1 Å². The number of aryl methyl sites for hydroxylation is 1. The molecule has 0 radical (unpaired) electrons. The summed E-state index contributed by atoms with van der Waals surface area (Å²) in [6, 6.07) is 3.06. The fraction of sp³-hybridized carbons (Fsp3) is 0.200. The summed E-state index contributed by atoms with van der Waals surface area (Å²) in [6.45, 7) is 1.80. The van der Waals surface area contributed by atoms with Gasteiger partial charge in [-0.1, -0.05) is 0 Å². The Morgan fingerprint density at radius 3 is 2.78 bits per heavy atom. The number of anilines is 2. The average molecular weight is 284 g/mol. The molecule has 2 aromatic heterocycles. The second-order valence-corrected chi connectivity index (χ2v) is 6.01. The van der Waals surface area contributed by atoms with Crippen LogP contribution in [0.3, 0.4) is 0 Å². The number of aromatic nitrogens is 2. The topological polar surface area (TPSA) is 84.0 Å². The van der Waals surface area contributed by atoms with Gasteiger partial charge in [0, 0.05) is 18.6 Å². The average Bonchev–Trinajstić information content (AvgIpc) is 2.74. The van der Waals surface area contributed by atoms with E-state index in [4.69, 9.17) is 0 Å². The number of sulfonamides is 1. The number of nitrogens with one attached hydrogen (secondary N) is 2. The summed E-state index contributed by atoms with van der Waals surface area (Å²) in [5, 5.41) is 4.87. The first-order valence-corrected chi connectivity index (χ1v) is 7.47. The monoisotopic (exact) mass is 284 g/mol. The van der Waals surface area contributed by atoms with E-state index in [-0.39, 0.29) is 4.90 Å². The molecule has 6 nitrogen and oxygen atoms in total. The Balaban J connectivity index is 2.36. The summed E-state index contributed by atoms with van der Waals surface area (Å²) < 4.78 is 26.8. The third kappa shape index (κ3) is 2.59. The van der Waals surface area contributed by atoms with Crippen LogP contribution < -0.4 is 10.0 Å². The molecule has 0 aliphatic carbocycles. The molecular weight excluding hydrogens is 272 g/mol. The Labute approximate surface area is 109 Å². The van der Waals surface area contributed by atoms with Gasteiger partial charge in [0.15, 0.2) is 5.13 Å². The van der Waals surface area contributed by atoms with Crippen molar-refractivity contribution < 1.29 is 8.42 Å². The van der Waals surface area contributed by atoms with Gasteiger partial charge in [-0.2, -0.15) is 0 Å². The van der Waals surface area contributed by atoms with Crippen molar-refractivity contribution in [1.82, 2.24) is 9.97 Å². The first kappa shape index (κ1) is 12.8. The van der Waals surface area contributed by atoms with Crippen LogP contribution in [0.2, 0.25) is 0 Å². The minimum Gasteiger partial charge on any atom is -0.372 e. The molecular formula is C10H12N4O2S2. The molecule has 0 atom stereocenters. The van der Waals surface area contributed by atoms with E-state index in [1.54, 1.807) is 25.4 Å². The van der Waals surface area contributed by atoms with Crippen LogP contribution in [-0.2, 0) is 10.0 Å². The number of pyridine rings is 1. The van der Waals surface area contributed by atoms with Gasteiger partial charge in [0.2, 0.25) is 0 Å². The van der Waals surface area contributed by atoms with E-state index in [0.717, 1.165) is 5.69 Å². The molecule has 0 saturated heterocycles. The quantitative estimate of drug-likeness (QED) is 0.892. The van der Waals surface area contributed by atoms with Crippen LogP contribution in [0.1, 0.15) is 5.69 Å². The molecule has 0 amide bonds. The Hall–Kier alpha value is -1.67. The maximum Gasteiger partial charge on any atom is 0.267 e. The summed E-state index contributed by atoms with van der Waals surface area (Å²) in [4.78, 5) is 8.12. The fourth-order valence-electron chi connectivity index (χ4n) is 1.37. The zero-order valence-electron chi connectivity index (χ0n) is 9.84. The van der Waals surface area contributed by atoms with Crippen molar-refractivity contribution in [3.63, 3.8) is 0 Å². The molecule has 2 heterocycles. The number of hydrogen-bond donors (Lipinski definition) is 2. The molecule has 0 fully saturated rings. The van der Waals surface area contributed by atoms with E-state index in [0.29, 0.717) is 10.9 Å². The Kier molecular flexibility index (Phi) is 3.48. The largest absolute Gasteiger partial charge is 0.372 e. The van der Waals surface area contributed by atoms with E-state index in [1.165, 1.54) is 23.6 Å². The number of nitrogens with zero attached hydrogens (tertiary/aromatic N) is 2. The van der Waals surface area contributed by atoms with Crippen molar-refractivity contribution in [2.45, 2.75) is 11.8 Å². The third-order valence-electron chi connectivity index (χ3n) is 2.14. The second kappa shape index (κ2) is 4.91. The van der Waals surface area contributed by atoms with Crippen molar-refractivity contribution >= 4 is 32.3 Å². The molecule has 0 bridgehead atoms. The van der Waals surface area contributed by atoms with Gasteiger partial charge in [-0.3, -0.25) is 4.72 Å². The Morgan fingerprint density at radius 2 is 2.17 bits per heavy atom. The smallest absolute Gasteiger partial charge is 0.267 e. The summed E-state index contributed by atoms with van der Waals surface area (Å²) in [5.41, 5.74) is 0.776. The predicted molar refractivity (Wildman–Crippen MR) is 71.4 cm³/mol. The molecule has 0 unspecified atom stereocenters. The minimum absolute atomic E-state index is 0.0975. The van der Waals surface area contributed by atoms with Crippen LogP contribution in [0.4, 0.5) is 10.9 Å². The van der Waals surface area contributed by atoms with Crippen molar-refractivity contribution in [1.29, 1.82) is 0 Å². The van der Waals surface area contributed by atoms with E-state index in [2.05, 4.69) is 20.0 Å². The van der Waals surface area contributed by atoms with Gasteiger partial charge in [0.1, 0.15) is 10.7 Å². The lowest BCUT2D eigenvalue weighted by Gasteiger charge is -2.08. The van der Waals surface area contributed by atoms with Crippen LogP contribution in [-0.4, -0.2) is 25.4 Å². The second-order valence-electron chi connectivity index (χ2n) is 3.50. The van der Waals surface area contributed by atoms with Crippen LogP contribution in [0.15, 0.2) is 28.6 Å². The number of rotatable bonds is 4. The lowest BCUT2D eigenvalue weighted by Crippen LogP contribution is -2.15. The molecule has 0 saturated carbocycles. The molecule has 2 rings (SSSR count). The minimum atomic E-state index is -3.67. The molecule has 96 valence electrons. The van der Waals surface area contributed by atoms with Gasteiger partial charge < -0.3 is 5.32 Å². The highest BCUT2D eigenvalue weighted by Gasteiger charge is 2.20. The summed E-state index contributed by atoms with van der Waals surface area (Å²) >= 11 is 1.24. The number of thiazole rings is 1. The maximum absolute atomic E-state index is 12.2. The summed E-state index contributed by atoms with van der Waals surface area (Å²) in [7, 11) is -2.05. The van der Waals surface area contributed by atoms with Gasteiger partial charge >= 0.3 is 0 Å². The third-order valence-corrected chi connectivity index (χ3v) is 4.51. The fourth-order valence-corrected chi connectivity index (χ4v) is 3.47. The predicted octanol–water partition coefficient (Wildman–Crippen LogP) is 1.69. The van der Waals surface area contributed by atoms with Crippen LogP contribution >= 0.6 is 11.3 Å². The molecule has 0 aliphatic rings. The standard InChI is InChI=1S/C10H12N4O2S2/c1-7-6-17-10(13-7)14-18(15,16)8-4-3-5-12-9(8)11-2/h3-6H,1-2H3,(H,11,12)(H,13,14). The maximum atomic E-state index is 12.2. The summed E-state index contributed by atoms with van der Waals surface area (Å²) in [6.07, 6.45) is 1.53. The van der Waals surface area contributed by atoms with Crippen LogP contribution in [0, 0.1) is 6.92 Å². The zero-order valence-corrected chi connectivity index (χ0v) is 11.5. The molecule has 0 spiro atoms. The first-order chi connectivity index (χ1) is 8.53. The first-order valence-electron chi connectivity index (χ1n) is 5.10. The molecule has 0 aliphatic heterocycles. The van der Waals surface area contributed by atoms with E-state index >= 15 is 0 Å². The van der Waals surface area contributed by atoms with E-state index in [1.807, 2.05) is 0 Å². The molecule has 2 aromatic rings. The molecule has 2 N–H and O–H groups in total. The molecule has 18 heavy (non-hydrogen) atoms. The van der Waals surface area contributed by atoms with Gasteiger partial charge in [0.05, 0.1) is 5.69 Å². The Morgan fingerprint density at radius 1 is 1.39 bits per heavy atom. The zero-order chi connectivity index (χ0) is 13.2. The van der Waals surface area contributed by atoms with Crippen molar-refractivity contribution in [3.05, 3.63) is 29.4 Å². The van der Waals surface area contributed by atoms with Crippen molar-refractivity contribution in [3.8, 4) is 0 Å². The highest BCUT2D eigenvalue weighted by atomic mass is 32.2. The SMILES string of the molecule is CNc1ncccc1S(=O)(=O)Nc1nc(C)cs1. The van der Waals surface area contributed by atoms with Gasteiger partial charge in [-0.25, -0.2) is 18.4 Å². The number of hydrogen-bond acceptors (Lipinski definition) is 6.